The van der Waals surface area contributed by atoms with Crippen molar-refractivity contribution in [2.75, 3.05) is 12.0 Å². The first-order valence-electron chi connectivity index (χ1n) is 5.30. The minimum atomic E-state index is -0.190. The molecule has 0 bridgehead atoms. The summed E-state index contributed by atoms with van der Waals surface area (Å²) in [6.07, 6.45) is 6.30. The summed E-state index contributed by atoms with van der Waals surface area (Å²) in [5.41, 5.74) is 6.19. The van der Waals surface area contributed by atoms with Gasteiger partial charge in [0.15, 0.2) is 5.82 Å². The molecule has 2 N–H and O–H groups in total. The molecule has 0 aliphatic carbocycles. The van der Waals surface area contributed by atoms with Crippen LogP contribution in [0.3, 0.4) is 0 Å². The zero-order valence-electron chi connectivity index (χ0n) is 9.83. The normalized spacial score (nSPS) is 13.1. The SMILES string of the molecule is CSCC[C@@H](N)c1nnc2c(=O)n(C)ccn12. The maximum Gasteiger partial charge on any atom is 0.295 e. The van der Waals surface area contributed by atoms with E-state index in [-0.39, 0.29) is 11.6 Å². The van der Waals surface area contributed by atoms with Crippen molar-refractivity contribution in [3.63, 3.8) is 0 Å². The van der Waals surface area contributed by atoms with E-state index in [2.05, 4.69) is 10.2 Å². The molecule has 0 aliphatic rings. The molecule has 17 heavy (non-hydrogen) atoms. The molecule has 2 aromatic rings. The van der Waals surface area contributed by atoms with Crippen LogP contribution in [0.1, 0.15) is 18.3 Å². The Balaban J connectivity index is 2.43. The van der Waals surface area contributed by atoms with Gasteiger partial charge < -0.3 is 10.3 Å². The van der Waals surface area contributed by atoms with Crippen LogP contribution in [-0.2, 0) is 7.05 Å². The van der Waals surface area contributed by atoms with E-state index >= 15 is 0 Å². The molecule has 0 spiro atoms. The van der Waals surface area contributed by atoms with Crippen LogP contribution in [0.4, 0.5) is 0 Å². The Kier molecular flexibility index (Phi) is 3.49. The Morgan fingerprint density at radius 3 is 2.94 bits per heavy atom. The highest BCUT2D eigenvalue weighted by atomic mass is 32.2. The van der Waals surface area contributed by atoms with E-state index in [1.807, 2.05) is 6.26 Å². The summed E-state index contributed by atoms with van der Waals surface area (Å²) in [6, 6.07) is -0.190. The van der Waals surface area contributed by atoms with Gasteiger partial charge in [0, 0.05) is 19.4 Å². The summed E-state index contributed by atoms with van der Waals surface area (Å²) in [5.74, 6) is 1.60. The minimum Gasteiger partial charge on any atom is -0.321 e. The molecule has 7 heteroatoms. The molecule has 1 atom stereocenters. The predicted octanol–water partition coefficient (Wildman–Crippen LogP) is 0.181. The summed E-state index contributed by atoms with van der Waals surface area (Å²) in [7, 11) is 1.68. The lowest BCUT2D eigenvalue weighted by Gasteiger charge is -2.08. The van der Waals surface area contributed by atoms with E-state index in [4.69, 9.17) is 5.73 Å². The van der Waals surface area contributed by atoms with Crippen LogP contribution in [0.2, 0.25) is 0 Å². The Bertz CT molecular complexity index is 576. The van der Waals surface area contributed by atoms with Crippen LogP contribution in [0.25, 0.3) is 5.65 Å². The lowest BCUT2D eigenvalue weighted by atomic mass is 10.2. The van der Waals surface area contributed by atoms with E-state index in [1.165, 1.54) is 4.57 Å². The maximum absolute atomic E-state index is 11.8. The van der Waals surface area contributed by atoms with Gasteiger partial charge in [-0.1, -0.05) is 0 Å². The molecule has 0 aliphatic heterocycles. The Morgan fingerprint density at radius 2 is 2.24 bits per heavy atom. The van der Waals surface area contributed by atoms with Crippen molar-refractivity contribution >= 4 is 17.4 Å². The first-order valence-corrected chi connectivity index (χ1v) is 6.69. The Hall–Kier alpha value is -1.34. The first-order chi connectivity index (χ1) is 8.15. The Labute approximate surface area is 103 Å². The van der Waals surface area contributed by atoms with Gasteiger partial charge in [0.2, 0.25) is 5.65 Å². The van der Waals surface area contributed by atoms with E-state index in [9.17, 15) is 4.79 Å². The molecule has 2 rings (SSSR count). The fourth-order valence-corrected chi connectivity index (χ4v) is 2.10. The number of aryl methyl sites for hydroxylation is 1. The molecule has 0 saturated carbocycles. The standard InChI is InChI=1S/C10H15N5OS/c1-14-4-5-15-8(7(11)3-6-17-2)12-13-9(15)10(14)16/h4-5,7H,3,6,11H2,1-2H3/t7-/m1/s1. The van der Waals surface area contributed by atoms with Crippen LogP contribution in [0.15, 0.2) is 17.2 Å². The Morgan fingerprint density at radius 1 is 1.47 bits per heavy atom. The first kappa shape index (κ1) is 12.1. The molecule has 0 radical (unpaired) electrons. The number of nitrogens with two attached hydrogens (primary N) is 1. The molecule has 2 heterocycles. The summed E-state index contributed by atoms with van der Waals surface area (Å²) >= 11 is 1.73. The number of aromatic nitrogens is 4. The largest absolute Gasteiger partial charge is 0.321 e. The summed E-state index contributed by atoms with van der Waals surface area (Å²) in [6.45, 7) is 0. The van der Waals surface area contributed by atoms with Crippen molar-refractivity contribution < 1.29 is 0 Å². The van der Waals surface area contributed by atoms with Crippen molar-refractivity contribution in [2.24, 2.45) is 12.8 Å². The second kappa shape index (κ2) is 4.89. The number of thioether (sulfide) groups is 1. The van der Waals surface area contributed by atoms with Crippen molar-refractivity contribution in [1.29, 1.82) is 0 Å². The van der Waals surface area contributed by atoms with Crippen molar-refractivity contribution in [3.05, 3.63) is 28.6 Å². The molecule has 0 saturated heterocycles. The van der Waals surface area contributed by atoms with Gasteiger partial charge in [-0.3, -0.25) is 9.20 Å². The molecule has 0 fully saturated rings. The third-order valence-electron chi connectivity index (χ3n) is 2.64. The molecule has 0 aromatic carbocycles. The molecule has 6 nitrogen and oxygen atoms in total. The van der Waals surface area contributed by atoms with E-state index < -0.39 is 0 Å². The molecule has 92 valence electrons. The number of nitrogens with zero attached hydrogens (tertiary/aromatic N) is 4. The summed E-state index contributed by atoms with van der Waals surface area (Å²) in [5, 5.41) is 7.92. The summed E-state index contributed by atoms with van der Waals surface area (Å²) < 4.78 is 3.15. The zero-order valence-corrected chi connectivity index (χ0v) is 10.6. The highest BCUT2D eigenvalue weighted by molar-refractivity contribution is 7.98. The molecular formula is C10H15N5OS. The molecule has 0 amide bonds. The van der Waals surface area contributed by atoms with Crippen molar-refractivity contribution in [2.45, 2.75) is 12.5 Å². The van der Waals surface area contributed by atoms with Gasteiger partial charge in [-0.2, -0.15) is 11.8 Å². The van der Waals surface area contributed by atoms with Gasteiger partial charge in [0.05, 0.1) is 6.04 Å². The number of fused-ring (bicyclic) bond motifs is 1. The van der Waals surface area contributed by atoms with Gasteiger partial charge >= 0.3 is 0 Å². The molecule has 2 aromatic heterocycles. The smallest absolute Gasteiger partial charge is 0.295 e. The molecule has 0 unspecified atom stereocenters. The quantitative estimate of drug-likeness (QED) is 0.841. The van der Waals surface area contributed by atoms with Crippen molar-refractivity contribution in [1.82, 2.24) is 19.2 Å². The number of hydrogen-bond acceptors (Lipinski definition) is 5. The fourth-order valence-electron chi connectivity index (χ4n) is 1.62. The average Bonchev–Trinajstić information content (AvgIpc) is 2.75. The third kappa shape index (κ3) is 2.20. The topological polar surface area (TPSA) is 78.2 Å². The lowest BCUT2D eigenvalue weighted by Crippen LogP contribution is -2.20. The van der Waals surface area contributed by atoms with E-state index in [1.54, 1.807) is 35.6 Å². The van der Waals surface area contributed by atoms with Crippen LogP contribution >= 0.6 is 11.8 Å². The van der Waals surface area contributed by atoms with Crippen LogP contribution in [0, 0.1) is 0 Å². The second-order valence-corrected chi connectivity index (χ2v) is 4.84. The average molecular weight is 253 g/mol. The van der Waals surface area contributed by atoms with Gasteiger partial charge in [-0.25, -0.2) is 0 Å². The third-order valence-corrected chi connectivity index (χ3v) is 3.28. The highest BCUT2D eigenvalue weighted by Gasteiger charge is 2.15. The van der Waals surface area contributed by atoms with Gasteiger partial charge in [-0.05, 0) is 18.4 Å². The van der Waals surface area contributed by atoms with Gasteiger partial charge in [-0.15, -0.1) is 10.2 Å². The lowest BCUT2D eigenvalue weighted by molar-refractivity contribution is 0.644. The van der Waals surface area contributed by atoms with Gasteiger partial charge in [0.25, 0.3) is 5.56 Å². The zero-order chi connectivity index (χ0) is 12.4. The monoisotopic (exact) mass is 253 g/mol. The van der Waals surface area contributed by atoms with Crippen molar-refractivity contribution in [3.8, 4) is 0 Å². The maximum atomic E-state index is 11.8. The predicted molar refractivity (Wildman–Crippen MR) is 68.2 cm³/mol. The van der Waals surface area contributed by atoms with Gasteiger partial charge in [0.1, 0.15) is 0 Å². The highest BCUT2D eigenvalue weighted by Crippen LogP contribution is 2.13. The molecular weight excluding hydrogens is 238 g/mol. The second-order valence-electron chi connectivity index (χ2n) is 3.85. The van der Waals surface area contributed by atoms with E-state index in [0.717, 1.165) is 12.2 Å². The fraction of sp³-hybridized carbons (Fsp3) is 0.500. The number of rotatable bonds is 4. The number of hydrogen-bond donors (Lipinski definition) is 1. The summed E-state index contributed by atoms with van der Waals surface area (Å²) in [4.78, 5) is 11.8. The minimum absolute atomic E-state index is 0.164. The van der Waals surface area contributed by atoms with Crippen LogP contribution in [-0.4, -0.2) is 31.2 Å². The van der Waals surface area contributed by atoms with Crippen LogP contribution < -0.4 is 11.3 Å². The van der Waals surface area contributed by atoms with E-state index in [0.29, 0.717) is 11.5 Å². The van der Waals surface area contributed by atoms with Crippen LogP contribution in [0.5, 0.6) is 0 Å².